The van der Waals surface area contributed by atoms with Crippen molar-refractivity contribution in [2.24, 2.45) is 0 Å². The van der Waals surface area contributed by atoms with Crippen molar-refractivity contribution in [3.8, 4) is 0 Å². The molecule has 0 bridgehead atoms. The van der Waals surface area contributed by atoms with E-state index in [4.69, 9.17) is 10.0 Å². The average Bonchev–Trinajstić information content (AvgIpc) is 2.12. The summed E-state index contributed by atoms with van der Waals surface area (Å²) >= 11 is 0. The van der Waals surface area contributed by atoms with Gasteiger partial charge in [-0.2, -0.15) is 0 Å². The maximum atomic E-state index is 8.81. The van der Waals surface area contributed by atoms with Crippen LogP contribution in [0.3, 0.4) is 0 Å². The van der Waals surface area contributed by atoms with Crippen molar-refractivity contribution in [2.45, 2.75) is 31.5 Å². The van der Waals surface area contributed by atoms with Gasteiger partial charge in [-0.1, -0.05) is 18.6 Å². The smallest absolute Gasteiger partial charge is 0.427 e. The molecular weight excluding hydrogens is 127 g/mol. The van der Waals surface area contributed by atoms with Gasteiger partial charge in [0.15, 0.2) is 0 Å². The molecule has 0 spiro atoms. The summed E-state index contributed by atoms with van der Waals surface area (Å²) in [6.45, 7) is 0. The summed E-state index contributed by atoms with van der Waals surface area (Å²) in [4.78, 5) is 0. The summed E-state index contributed by atoms with van der Waals surface area (Å²) in [5.41, 5.74) is 0. The number of rotatable bonds is 1. The second kappa shape index (κ2) is 3.79. The molecule has 0 saturated heterocycles. The van der Waals surface area contributed by atoms with Gasteiger partial charge in [-0.25, -0.2) is 0 Å². The van der Waals surface area contributed by atoms with E-state index in [-0.39, 0.29) is 5.82 Å². The van der Waals surface area contributed by atoms with E-state index in [0.29, 0.717) is 0 Å². The molecule has 0 aromatic rings. The second-order valence-corrected chi connectivity index (χ2v) is 2.79. The number of allylic oxidation sites excluding steroid dienone is 2. The van der Waals surface area contributed by atoms with E-state index in [1.165, 1.54) is 6.42 Å². The normalized spacial score (nSPS) is 26.0. The van der Waals surface area contributed by atoms with Crippen LogP contribution in [0.2, 0.25) is 5.82 Å². The van der Waals surface area contributed by atoms with E-state index in [1.807, 2.05) is 12.2 Å². The van der Waals surface area contributed by atoms with Crippen molar-refractivity contribution in [1.29, 1.82) is 0 Å². The Morgan fingerprint density at radius 3 is 2.80 bits per heavy atom. The summed E-state index contributed by atoms with van der Waals surface area (Å²) in [6, 6.07) is 0. The molecule has 1 aliphatic rings. The molecule has 10 heavy (non-hydrogen) atoms. The van der Waals surface area contributed by atoms with Crippen molar-refractivity contribution in [2.75, 3.05) is 0 Å². The van der Waals surface area contributed by atoms with Gasteiger partial charge in [-0.05, 0) is 19.3 Å². The zero-order chi connectivity index (χ0) is 7.40. The van der Waals surface area contributed by atoms with Gasteiger partial charge < -0.3 is 10.0 Å². The highest BCUT2D eigenvalue weighted by atomic mass is 16.4. The summed E-state index contributed by atoms with van der Waals surface area (Å²) in [5.74, 6) is -0.0255. The predicted octanol–water partition coefficient (Wildman–Crippen LogP) is 0.960. The van der Waals surface area contributed by atoms with Crippen LogP contribution in [0.5, 0.6) is 0 Å². The van der Waals surface area contributed by atoms with Crippen LogP contribution >= 0.6 is 0 Å². The van der Waals surface area contributed by atoms with Crippen molar-refractivity contribution < 1.29 is 10.0 Å². The SMILES string of the molecule is OB(O)C1C=CCCCC1. The van der Waals surface area contributed by atoms with Crippen molar-refractivity contribution >= 4 is 7.12 Å². The van der Waals surface area contributed by atoms with E-state index in [0.717, 1.165) is 19.3 Å². The van der Waals surface area contributed by atoms with Crippen molar-refractivity contribution in [1.82, 2.24) is 0 Å². The zero-order valence-electron chi connectivity index (χ0n) is 6.03. The highest BCUT2D eigenvalue weighted by molar-refractivity contribution is 6.43. The summed E-state index contributed by atoms with van der Waals surface area (Å²) in [5, 5.41) is 17.6. The first kappa shape index (κ1) is 7.83. The van der Waals surface area contributed by atoms with Crippen LogP contribution in [0.4, 0.5) is 0 Å². The lowest BCUT2D eigenvalue weighted by Gasteiger charge is -2.07. The predicted molar refractivity (Wildman–Crippen MR) is 41.5 cm³/mol. The molecule has 0 saturated carbocycles. The third kappa shape index (κ3) is 2.16. The largest absolute Gasteiger partial charge is 0.458 e. The van der Waals surface area contributed by atoms with Crippen LogP contribution in [-0.2, 0) is 0 Å². The van der Waals surface area contributed by atoms with Crippen LogP contribution in [0.25, 0.3) is 0 Å². The van der Waals surface area contributed by atoms with Gasteiger partial charge in [0.25, 0.3) is 0 Å². The zero-order valence-corrected chi connectivity index (χ0v) is 6.03. The molecule has 0 amide bonds. The molecule has 0 aromatic heterocycles. The third-order valence-electron chi connectivity index (χ3n) is 1.92. The molecule has 2 N–H and O–H groups in total. The van der Waals surface area contributed by atoms with Crippen molar-refractivity contribution in [3.63, 3.8) is 0 Å². The lowest BCUT2D eigenvalue weighted by atomic mass is 9.70. The minimum atomic E-state index is -1.16. The van der Waals surface area contributed by atoms with Crippen LogP contribution in [0.1, 0.15) is 25.7 Å². The van der Waals surface area contributed by atoms with Gasteiger partial charge in [0.2, 0.25) is 0 Å². The number of hydrogen-bond donors (Lipinski definition) is 2. The molecule has 0 fully saturated rings. The Kier molecular flexibility index (Phi) is 2.96. The Labute approximate surface area is 61.7 Å². The molecule has 0 heterocycles. The highest BCUT2D eigenvalue weighted by Crippen LogP contribution is 2.22. The molecular formula is C7H13BO2. The first-order chi connectivity index (χ1) is 4.80. The van der Waals surface area contributed by atoms with Crippen molar-refractivity contribution in [3.05, 3.63) is 12.2 Å². The lowest BCUT2D eigenvalue weighted by Crippen LogP contribution is -2.18. The Balaban J connectivity index is 2.41. The van der Waals surface area contributed by atoms with E-state index >= 15 is 0 Å². The van der Waals surface area contributed by atoms with Crippen LogP contribution in [-0.4, -0.2) is 17.2 Å². The molecule has 1 atom stereocenters. The topological polar surface area (TPSA) is 40.5 Å². The van der Waals surface area contributed by atoms with Crippen LogP contribution in [0.15, 0.2) is 12.2 Å². The van der Waals surface area contributed by atoms with E-state index < -0.39 is 7.12 Å². The molecule has 0 aliphatic heterocycles. The van der Waals surface area contributed by atoms with E-state index in [9.17, 15) is 0 Å². The Morgan fingerprint density at radius 1 is 1.30 bits per heavy atom. The fraction of sp³-hybridized carbons (Fsp3) is 0.714. The van der Waals surface area contributed by atoms with Crippen LogP contribution < -0.4 is 0 Å². The maximum Gasteiger partial charge on any atom is 0.458 e. The number of hydrogen-bond acceptors (Lipinski definition) is 2. The summed E-state index contributed by atoms with van der Waals surface area (Å²) in [7, 11) is -1.16. The average molecular weight is 140 g/mol. The minimum Gasteiger partial charge on any atom is -0.427 e. The van der Waals surface area contributed by atoms with Crippen LogP contribution in [0, 0.1) is 0 Å². The van der Waals surface area contributed by atoms with Gasteiger partial charge in [0.05, 0.1) is 0 Å². The third-order valence-corrected chi connectivity index (χ3v) is 1.92. The molecule has 0 aromatic carbocycles. The Hall–Kier alpha value is -0.275. The molecule has 1 aliphatic carbocycles. The minimum absolute atomic E-state index is 0.0255. The molecule has 1 rings (SSSR count). The molecule has 2 nitrogen and oxygen atoms in total. The summed E-state index contributed by atoms with van der Waals surface area (Å²) < 4.78 is 0. The molecule has 0 radical (unpaired) electrons. The molecule has 56 valence electrons. The quantitative estimate of drug-likeness (QED) is 0.420. The highest BCUT2D eigenvalue weighted by Gasteiger charge is 2.20. The second-order valence-electron chi connectivity index (χ2n) is 2.79. The van der Waals surface area contributed by atoms with Gasteiger partial charge in [0.1, 0.15) is 0 Å². The lowest BCUT2D eigenvalue weighted by molar-refractivity contribution is 0.389. The summed E-state index contributed by atoms with van der Waals surface area (Å²) in [6.07, 6.45) is 8.24. The van der Waals surface area contributed by atoms with Gasteiger partial charge >= 0.3 is 7.12 Å². The fourth-order valence-corrected chi connectivity index (χ4v) is 1.26. The van der Waals surface area contributed by atoms with E-state index in [2.05, 4.69) is 0 Å². The van der Waals surface area contributed by atoms with Gasteiger partial charge in [-0.15, -0.1) is 0 Å². The Bertz CT molecular complexity index is 123. The fourth-order valence-electron chi connectivity index (χ4n) is 1.26. The molecule has 3 heteroatoms. The van der Waals surface area contributed by atoms with E-state index in [1.54, 1.807) is 0 Å². The first-order valence-corrected chi connectivity index (χ1v) is 3.83. The van der Waals surface area contributed by atoms with Gasteiger partial charge in [0, 0.05) is 5.82 Å². The molecule has 1 unspecified atom stereocenters. The standard InChI is InChI=1S/C7H13BO2/c9-8(10)7-5-3-1-2-4-6-7/h3,5,7,9-10H,1-2,4,6H2. The Morgan fingerprint density at radius 2 is 2.10 bits per heavy atom. The first-order valence-electron chi connectivity index (χ1n) is 3.83. The maximum absolute atomic E-state index is 8.81. The monoisotopic (exact) mass is 140 g/mol. The van der Waals surface area contributed by atoms with Gasteiger partial charge in [-0.3, -0.25) is 0 Å².